The molecule has 3 N–H and O–H groups in total. The van der Waals surface area contributed by atoms with Gasteiger partial charge in [0.05, 0.1) is 32.4 Å². The van der Waals surface area contributed by atoms with Crippen molar-refractivity contribution in [2.75, 3.05) is 17.2 Å². The van der Waals surface area contributed by atoms with E-state index in [0.717, 1.165) is 43.5 Å². The van der Waals surface area contributed by atoms with Crippen molar-refractivity contribution in [3.8, 4) is 0 Å². The second-order valence-corrected chi connectivity index (χ2v) is 11.2. The van der Waals surface area contributed by atoms with E-state index in [-0.39, 0.29) is 17.8 Å². The zero-order chi connectivity index (χ0) is 32.5. The predicted octanol–water partition coefficient (Wildman–Crippen LogP) is 7.23. The number of nitrogens with one attached hydrogen (secondary N) is 2. The largest absolute Gasteiger partial charge is 0.416 e. The van der Waals surface area contributed by atoms with Gasteiger partial charge in [0, 0.05) is 24.0 Å². The molecule has 228 valence electrons. The molecule has 43 heavy (non-hydrogen) atoms. The van der Waals surface area contributed by atoms with Crippen molar-refractivity contribution < 1.29 is 35.0 Å². The molecule has 1 aliphatic heterocycles. The van der Waals surface area contributed by atoms with E-state index < -0.39 is 53.5 Å². The number of alkyl halides is 3. The molecule has 5 rings (SSSR count). The summed E-state index contributed by atoms with van der Waals surface area (Å²) in [7, 11) is 0. The molecule has 1 aliphatic carbocycles. The zero-order valence-corrected chi connectivity index (χ0v) is 23.7. The molecule has 2 amide bonds. The summed E-state index contributed by atoms with van der Waals surface area (Å²) in [6.45, 7) is -1.40. The second kappa shape index (κ2) is 12.8. The van der Waals surface area contributed by atoms with Crippen LogP contribution in [0.3, 0.4) is 0 Å². The second-order valence-electron chi connectivity index (χ2n) is 11.2. The molecule has 3 aromatic rings. The predicted molar refractivity (Wildman–Crippen MR) is 156 cm³/mol. The Balaban J connectivity index is 1.49. The Morgan fingerprint density at radius 3 is 2.35 bits per heavy atom. The minimum Gasteiger partial charge on any atom is -0.392 e. The Kier molecular flexibility index (Phi) is 8.27. The van der Waals surface area contributed by atoms with Crippen LogP contribution in [0, 0.1) is 18.7 Å². The molecule has 10 heteroatoms. The number of carbonyl (C=O) groups is 2. The van der Waals surface area contributed by atoms with Crippen molar-refractivity contribution >= 4 is 23.2 Å². The summed E-state index contributed by atoms with van der Waals surface area (Å²) in [5, 5.41) is 15.7. The monoisotopic (exact) mass is 599 g/mol. The number of hydrogen-bond donors (Lipinski definition) is 3. The highest BCUT2D eigenvalue weighted by Crippen LogP contribution is 2.40. The summed E-state index contributed by atoms with van der Waals surface area (Å²) in [4.78, 5) is 29.1. The fraction of sp³-hybridized carbons (Fsp3) is 0.394. The highest BCUT2D eigenvalue weighted by atomic mass is 19.4. The van der Waals surface area contributed by atoms with Crippen LogP contribution in [0.5, 0.6) is 0 Å². The van der Waals surface area contributed by atoms with Crippen LogP contribution >= 0.6 is 0 Å². The Hall–Kier alpha value is -3.92. The summed E-state index contributed by atoms with van der Waals surface area (Å²) < 4.78 is 71.1. The van der Waals surface area contributed by atoms with Crippen LogP contribution in [-0.2, 0) is 17.5 Å². The molecular formula is C33H35F4N3O3. The van der Waals surface area contributed by atoms with E-state index in [4.69, 9.17) is 2.74 Å². The molecule has 1 heterocycles. The molecular weight excluding hydrogens is 562 g/mol. The van der Waals surface area contributed by atoms with Crippen LogP contribution in [0.2, 0.25) is 0 Å². The maximum atomic E-state index is 15.0. The number of aliphatic hydroxyl groups is 1. The van der Waals surface area contributed by atoms with E-state index in [0.29, 0.717) is 36.1 Å². The third-order valence-electron chi connectivity index (χ3n) is 8.36. The maximum absolute atomic E-state index is 15.0. The number of halogens is 4. The van der Waals surface area contributed by atoms with Gasteiger partial charge in [0.1, 0.15) is 5.82 Å². The Bertz CT molecular complexity index is 1530. The van der Waals surface area contributed by atoms with Crippen LogP contribution in [-0.4, -0.2) is 34.4 Å². The number of piperidine rings is 1. The van der Waals surface area contributed by atoms with Crippen molar-refractivity contribution in [3.63, 3.8) is 0 Å². The molecule has 3 aromatic carbocycles. The highest BCUT2D eigenvalue weighted by Gasteiger charge is 2.41. The normalized spacial score (nSPS) is 20.4. The summed E-state index contributed by atoms with van der Waals surface area (Å²) in [5.41, 5.74) is -0.819. The number of rotatable bonds is 7. The molecule has 1 saturated heterocycles. The van der Waals surface area contributed by atoms with Crippen molar-refractivity contribution in [1.82, 2.24) is 4.90 Å². The van der Waals surface area contributed by atoms with E-state index in [1.807, 2.05) is 24.3 Å². The van der Waals surface area contributed by atoms with Gasteiger partial charge in [-0.3, -0.25) is 9.59 Å². The molecule has 2 aliphatic rings. The standard InChI is InChI=1S/C33H35F4N3O3/c1-20-6-4-10-28(34)29(20)32(43)40-17-5-9-26(30(40)21-11-14-24(15-12-21)38-23-7-2-3-8-23)31(42)39-25-16-13-22(19-41)27(18-25)33(35,36)37/h4,6,10-16,18,23,26,30,38,41H,2-3,5,7-9,17,19H2,1H3,(H,39,42)/t26-,30-/m0/s1/i19D2. The molecule has 1 saturated carbocycles. The summed E-state index contributed by atoms with van der Waals surface area (Å²) in [6.07, 6.45) is 0.139. The first-order valence-corrected chi connectivity index (χ1v) is 14.4. The summed E-state index contributed by atoms with van der Waals surface area (Å²) in [6, 6.07) is 13.6. The number of hydrogen-bond acceptors (Lipinski definition) is 4. The SMILES string of the molecule is [2H]C([2H])(O)c1ccc(NC(=O)[C@H]2CCCN(C(=O)c3c(C)cccc3F)[C@H]2c2ccc(NC3CCCC3)cc2)cc1C(F)(F)F. The van der Waals surface area contributed by atoms with Gasteiger partial charge >= 0.3 is 6.18 Å². The third kappa shape index (κ3) is 6.69. The molecule has 2 atom stereocenters. The maximum Gasteiger partial charge on any atom is 0.416 e. The molecule has 0 bridgehead atoms. The number of likely N-dealkylation sites (tertiary alicyclic amines) is 1. The van der Waals surface area contributed by atoms with Crippen LogP contribution in [0.25, 0.3) is 0 Å². The first kappa shape index (κ1) is 27.9. The van der Waals surface area contributed by atoms with Crippen LogP contribution in [0.1, 0.15) is 79.9 Å². The Morgan fingerprint density at radius 2 is 1.70 bits per heavy atom. The summed E-state index contributed by atoms with van der Waals surface area (Å²) in [5.74, 6) is -2.83. The zero-order valence-electron chi connectivity index (χ0n) is 25.7. The molecule has 0 unspecified atom stereocenters. The van der Waals surface area contributed by atoms with Gasteiger partial charge in [-0.05, 0) is 79.6 Å². The lowest BCUT2D eigenvalue weighted by molar-refractivity contribution is -0.138. The lowest BCUT2D eigenvalue weighted by Gasteiger charge is -2.41. The van der Waals surface area contributed by atoms with Crippen molar-refractivity contribution in [1.29, 1.82) is 0 Å². The number of amides is 2. The third-order valence-corrected chi connectivity index (χ3v) is 8.36. The molecule has 2 fully saturated rings. The number of aryl methyl sites for hydroxylation is 1. The minimum absolute atomic E-state index is 0.105. The van der Waals surface area contributed by atoms with Gasteiger partial charge in [-0.1, -0.05) is 43.2 Å². The van der Waals surface area contributed by atoms with Gasteiger partial charge in [-0.2, -0.15) is 13.2 Å². The van der Waals surface area contributed by atoms with Crippen LogP contribution in [0.4, 0.5) is 28.9 Å². The molecule has 0 spiro atoms. The Labute approximate surface area is 250 Å². The first-order chi connectivity index (χ1) is 21.2. The van der Waals surface area contributed by atoms with Crippen molar-refractivity contribution in [2.45, 2.75) is 70.3 Å². The van der Waals surface area contributed by atoms with E-state index in [1.165, 1.54) is 17.0 Å². The van der Waals surface area contributed by atoms with E-state index in [9.17, 15) is 32.3 Å². The quantitative estimate of drug-likeness (QED) is 0.250. The van der Waals surface area contributed by atoms with Crippen LogP contribution in [0.15, 0.2) is 60.7 Å². The fourth-order valence-electron chi connectivity index (χ4n) is 6.23. The smallest absolute Gasteiger partial charge is 0.392 e. The molecule has 0 aromatic heterocycles. The molecule has 6 nitrogen and oxygen atoms in total. The van der Waals surface area contributed by atoms with Gasteiger partial charge in [0.25, 0.3) is 5.91 Å². The summed E-state index contributed by atoms with van der Waals surface area (Å²) >= 11 is 0. The van der Waals surface area contributed by atoms with Gasteiger partial charge in [0.2, 0.25) is 5.91 Å². The lowest BCUT2D eigenvalue weighted by atomic mass is 9.83. The average Bonchev–Trinajstić information content (AvgIpc) is 3.49. The number of benzene rings is 3. The topological polar surface area (TPSA) is 81.7 Å². The van der Waals surface area contributed by atoms with Gasteiger partial charge in [-0.15, -0.1) is 0 Å². The minimum atomic E-state index is -5.01. The van der Waals surface area contributed by atoms with E-state index in [1.54, 1.807) is 13.0 Å². The lowest BCUT2D eigenvalue weighted by Crippen LogP contribution is -2.46. The molecule has 0 radical (unpaired) electrons. The number of anilines is 2. The van der Waals surface area contributed by atoms with Crippen LogP contribution < -0.4 is 10.6 Å². The fourth-order valence-corrected chi connectivity index (χ4v) is 6.23. The van der Waals surface area contributed by atoms with Crippen molar-refractivity contribution in [3.05, 3.63) is 94.3 Å². The van der Waals surface area contributed by atoms with Gasteiger partial charge < -0.3 is 20.6 Å². The number of carbonyl (C=O) groups excluding carboxylic acids is 2. The van der Waals surface area contributed by atoms with Gasteiger partial charge in [0.15, 0.2) is 0 Å². The average molecular weight is 600 g/mol. The first-order valence-electron chi connectivity index (χ1n) is 15.4. The van der Waals surface area contributed by atoms with Gasteiger partial charge in [-0.25, -0.2) is 4.39 Å². The van der Waals surface area contributed by atoms with E-state index >= 15 is 0 Å². The van der Waals surface area contributed by atoms with E-state index in [2.05, 4.69) is 10.6 Å². The van der Waals surface area contributed by atoms with Crippen molar-refractivity contribution in [2.24, 2.45) is 5.92 Å². The number of nitrogens with zero attached hydrogens (tertiary/aromatic N) is 1. The Morgan fingerprint density at radius 1 is 1.00 bits per heavy atom. The highest BCUT2D eigenvalue weighted by molar-refractivity contribution is 5.98.